The molecule has 25 heavy (non-hydrogen) atoms. The van der Waals surface area contributed by atoms with Gasteiger partial charge in [-0.25, -0.2) is 9.69 Å². The van der Waals surface area contributed by atoms with Gasteiger partial charge in [-0.2, -0.15) is 0 Å². The van der Waals surface area contributed by atoms with Crippen LogP contribution in [-0.4, -0.2) is 36.1 Å². The smallest absolute Gasteiger partial charge is 0.335 e. The predicted octanol–water partition coefficient (Wildman–Crippen LogP) is 1.16. The van der Waals surface area contributed by atoms with E-state index in [1.165, 1.54) is 6.21 Å². The molecule has 3 rings (SSSR count). The van der Waals surface area contributed by atoms with Crippen molar-refractivity contribution in [3.63, 3.8) is 0 Å². The zero-order valence-corrected chi connectivity index (χ0v) is 14.4. The van der Waals surface area contributed by atoms with Gasteiger partial charge in [-0.15, -0.1) is 0 Å². The van der Waals surface area contributed by atoms with Crippen molar-refractivity contribution in [1.82, 2.24) is 5.32 Å². The molecule has 0 radical (unpaired) electrons. The van der Waals surface area contributed by atoms with Crippen LogP contribution < -0.4 is 16.0 Å². The molecule has 4 amide bonds. The van der Waals surface area contributed by atoms with E-state index in [1.54, 1.807) is 24.3 Å². The van der Waals surface area contributed by atoms with Gasteiger partial charge in [0.25, 0.3) is 5.91 Å². The molecule has 2 fully saturated rings. The van der Waals surface area contributed by atoms with E-state index in [1.807, 2.05) is 0 Å². The maximum atomic E-state index is 12.7. The van der Waals surface area contributed by atoms with Crippen LogP contribution in [0.15, 0.2) is 29.3 Å². The van der Waals surface area contributed by atoms with Gasteiger partial charge in [-0.05, 0) is 25.0 Å². The number of imide groups is 2. The first-order chi connectivity index (χ1) is 12.0. The van der Waals surface area contributed by atoms with Crippen LogP contribution in [0.25, 0.3) is 0 Å². The van der Waals surface area contributed by atoms with E-state index in [4.69, 9.17) is 11.6 Å². The molecule has 1 aliphatic carbocycles. The molecule has 3 atom stereocenters. The summed E-state index contributed by atoms with van der Waals surface area (Å²) in [5.74, 6) is -2.47. The summed E-state index contributed by atoms with van der Waals surface area (Å²) in [5.41, 5.74) is 4.33. The number of halogens is 1. The number of hydrogen-bond acceptors (Lipinski definition) is 4. The van der Waals surface area contributed by atoms with Crippen molar-refractivity contribution in [2.75, 3.05) is 4.90 Å². The maximum Gasteiger partial charge on any atom is 0.335 e. The number of nitrogens with one attached hydrogen (secondary N) is 1. The van der Waals surface area contributed by atoms with Crippen LogP contribution in [0.1, 0.15) is 25.7 Å². The first-order valence-electron chi connectivity index (χ1n) is 8.28. The second-order valence-electron chi connectivity index (χ2n) is 6.31. The van der Waals surface area contributed by atoms with Gasteiger partial charge >= 0.3 is 6.03 Å². The highest BCUT2D eigenvalue weighted by atomic mass is 35.5. The Bertz CT molecular complexity index is 736. The third-order valence-corrected chi connectivity index (χ3v) is 4.91. The minimum Gasteiger partial charge on any atom is -0.353 e. The summed E-state index contributed by atoms with van der Waals surface area (Å²) >= 11 is 6.09. The Morgan fingerprint density at radius 3 is 2.64 bits per heavy atom. The predicted molar refractivity (Wildman–Crippen MR) is 93.4 cm³/mol. The van der Waals surface area contributed by atoms with E-state index in [0.717, 1.165) is 30.6 Å². The molecule has 2 aliphatic rings. The number of quaternary nitrogens is 1. The zero-order valence-electron chi connectivity index (χ0n) is 13.7. The fourth-order valence-electron chi connectivity index (χ4n) is 3.16. The molecule has 4 N–H and O–H groups in total. The molecule has 0 unspecified atom stereocenters. The van der Waals surface area contributed by atoms with Crippen molar-refractivity contribution >= 4 is 41.3 Å². The van der Waals surface area contributed by atoms with E-state index in [-0.39, 0.29) is 22.8 Å². The van der Waals surface area contributed by atoms with Crippen LogP contribution in [0.5, 0.6) is 0 Å². The van der Waals surface area contributed by atoms with Gasteiger partial charge in [-0.3, -0.25) is 19.9 Å². The van der Waals surface area contributed by atoms with Crippen molar-refractivity contribution in [3.05, 3.63) is 29.3 Å². The number of para-hydroxylation sites is 1. The molecule has 1 aromatic carbocycles. The number of benzene rings is 1. The average molecular weight is 364 g/mol. The van der Waals surface area contributed by atoms with Gasteiger partial charge in [0.1, 0.15) is 12.1 Å². The molecule has 8 heteroatoms. The molecule has 0 aromatic heterocycles. The highest BCUT2D eigenvalue weighted by molar-refractivity contribution is 6.38. The molecule has 1 aliphatic heterocycles. The van der Waals surface area contributed by atoms with Gasteiger partial charge in [-0.1, -0.05) is 30.2 Å². The van der Waals surface area contributed by atoms with Crippen LogP contribution >= 0.6 is 11.6 Å². The summed E-state index contributed by atoms with van der Waals surface area (Å²) in [4.78, 5) is 42.3. The Kier molecular flexibility index (Phi) is 5.15. The van der Waals surface area contributed by atoms with Crippen molar-refractivity contribution in [3.8, 4) is 0 Å². The zero-order chi connectivity index (χ0) is 18.0. The lowest BCUT2D eigenvalue weighted by molar-refractivity contribution is -0.428. The van der Waals surface area contributed by atoms with Gasteiger partial charge in [0, 0.05) is 12.6 Å². The van der Waals surface area contributed by atoms with Crippen LogP contribution in [-0.2, 0) is 9.59 Å². The quantitative estimate of drug-likeness (QED) is 0.621. The summed E-state index contributed by atoms with van der Waals surface area (Å²) in [6, 6.07) is 5.86. The molecule has 1 saturated heterocycles. The molecular formula is C17H20ClN4O3+. The third kappa shape index (κ3) is 3.57. The normalized spacial score (nSPS) is 27.7. The number of nitrogens with zero attached hydrogens (tertiary/aromatic N) is 2. The maximum absolute atomic E-state index is 12.7. The van der Waals surface area contributed by atoms with Crippen molar-refractivity contribution in [1.29, 1.82) is 0 Å². The molecule has 0 spiro atoms. The number of amides is 4. The van der Waals surface area contributed by atoms with Crippen LogP contribution in [0.2, 0.25) is 5.02 Å². The largest absolute Gasteiger partial charge is 0.353 e. The van der Waals surface area contributed by atoms with E-state index < -0.39 is 23.8 Å². The molecule has 1 aromatic rings. The number of urea groups is 1. The summed E-state index contributed by atoms with van der Waals surface area (Å²) in [5, 5.41) is 2.45. The minimum atomic E-state index is -1.15. The number of aliphatic imine (C=N–C) groups is 1. The number of hydrogen-bond donors (Lipinski definition) is 2. The van der Waals surface area contributed by atoms with E-state index >= 15 is 0 Å². The van der Waals surface area contributed by atoms with Gasteiger partial charge in [0.2, 0.25) is 5.91 Å². The standard InChI is InChI=1S/C17H19ClN4O3/c18-11-5-1-4-8-14(11)22-16(24)10(15(23)21-17(22)25)9-20-13-7-3-2-6-12(13)19/h1,4-5,8-10,12-13H,2-3,6-7,19H2,(H,21,23,25)/p+1/t10-,12-,13-/m1/s1. The second-order valence-corrected chi connectivity index (χ2v) is 6.71. The van der Waals surface area contributed by atoms with E-state index in [2.05, 4.69) is 16.0 Å². The fourth-order valence-corrected chi connectivity index (χ4v) is 3.38. The highest BCUT2D eigenvalue weighted by Gasteiger charge is 2.41. The number of carbonyl (C=O) groups excluding carboxylic acids is 3. The molecular weight excluding hydrogens is 344 g/mol. The van der Waals surface area contributed by atoms with Crippen molar-refractivity contribution in [2.45, 2.75) is 37.8 Å². The topological polar surface area (TPSA) is 106 Å². The second kappa shape index (κ2) is 7.33. The van der Waals surface area contributed by atoms with Crippen LogP contribution in [0, 0.1) is 5.92 Å². The first kappa shape index (κ1) is 17.6. The van der Waals surface area contributed by atoms with Gasteiger partial charge in [0.15, 0.2) is 5.92 Å². The Morgan fingerprint density at radius 1 is 1.20 bits per heavy atom. The fraction of sp³-hybridized carbons (Fsp3) is 0.412. The Morgan fingerprint density at radius 2 is 1.92 bits per heavy atom. The Balaban J connectivity index is 1.84. The average Bonchev–Trinajstić information content (AvgIpc) is 2.57. The number of barbiturate groups is 1. The summed E-state index contributed by atoms with van der Waals surface area (Å²) in [7, 11) is 0. The Labute approximate surface area is 150 Å². The number of anilines is 1. The molecule has 132 valence electrons. The monoisotopic (exact) mass is 363 g/mol. The molecule has 7 nitrogen and oxygen atoms in total. The highest BCUT2D eigenvalue weighted by Crippen LogP contribution is 2.28. The first-order valence-corrected chi connectivity index (χ1v) is 8.66. The van der Waals surface area contributed by atoms with Crippen LogP contribution in [0.3, 0.4) is 0 Å². The van der Waals surface area contributed by atoms with Gasteiger partial charge < -0.3 is 5.73 Å². The van der Waals surface area contributed by atoms with Crippen LogP contribution in [0.4, 0.5) is 10.5 Å². The lowest BCUT2D eigenvalue weighted by atomic mass is 9.91. The summed E-state index contributed by atoms with van der Waals surface area (Å²) in [6.45, 7) is 0. The van der Waals surface area contributed by atoms with Crippen molar-refractivity contribution < 1.29 is 20.1 Å². The number of rotatable bonds is 3. The lowest BCUT2D eigenvalue weighted by Crippen LogP contribution is -2.66. The molecule has 1 heterocycles. The molecule has 1 saturated carbocycles. The van der Waals surface area contributed by atoms with Crippen molar-refractivity contribution in [2.24, 2.45) is 10.9 Å². The van der Waals surface area contributed by atoms with E-state index in [9.17, 15) is 14.4 Å². The third-order valence-electron chi connectivity index (χ3n) is 4.59. The lowest BCUT2D eigenvalue weighted by Gasteiger charge is -2.29. The van der Waals surface area contributed by atoms with E-state index in [0.29, 0.717) is 0 Å². The Hall–Kier alpha value is -2.25. The van der Waals surface area contributed by atoms with Gasteiger partial charge in [0.05, 0.1) is 10.7 Å². The summed E-state index contributed by atoms with van der Waals surface area (Å²) < 4.78 is 0. The number of carbonyl (C=O) groups is 3. The minimum absolute atomic E-state index is 0.000686. The SMILES string of the molecule is [NH3+][C@@H]1CCCC[C@H]1N=C[C@@H]1C(=O)NC(=O)N(c2ccccc2Cl)C1=O. The summed E-state index contributed by atoms with van der Waals surface area (Å²) in [6.07, 6.45) is 5.40. The molecule has 0 bridgehead atoms.